The molecule has 2 rings (SSSR count). The second-order valence-corrected chi connectivity index (χ2v) is 7.46. The smallest absolute Gasteiger partial charge is 0.270 e. The molecule has 1 aromatic carbocycles. The number of piperidine rings is 1. The van der Waals surface area contributed by atoms with Gasteiger partial charge in [0.2, 0.25) is 0 Å². The highest BCUT2D eigenvalue weighted by molar-refractivity contribution is 14.1. The van der Waals surface area contributed by atoms with Crippen LogP contribution in [-0.4, -0.2) is 25.8 Å². The molecule has 1 aromatic rings. The number of nitrogens with one attached hydrogen (secondary N) is 1. The third-order valence-corrected chi connectivity index (χ3v) is 5.48. The minimum absolute atomic E-state index is 0.575. The molecule has 1 heterocycles. The van der Waals surface area contributed by atoms with Crippen molar-refractivity contribution in [1.82, 2.24) is 4.31 Å². The fraction of sp³-hybridized carbons (Fsp3) is 0.455. The van der Waals surface area contributed by atoms with E-state index < -0.39 is 10.2 Å². The number of benzene rings is 1. The first kappa shape index (κ1) is 14.4. The lowest BCUT2D eigenvalue weighted by Crippen LogP contribution is -2.39. The van der Waals surface area contributed by atoms with Crippen LogP contribution in [0.5, 0.6) is 0 Å². The van der Waals surface area contributed by atoms with Gasteiger partial charge >= 0.3 is 10.2 Å². The van der Waals surface area contributed by atoms with Crippen LogP contribution in [0.15, 0.2) is 18.2 Å². The molecule has 0 radical (unpaired) electrons. The van der Waals surface area contributed by atoms with E-state index in [1.54, 1.807) is 18.2 Å². The molecule has 0 saturated carbocycles. The summed E-state index contributed by atoms with van der Waals surface area (Å²) in [5.74, 6) is 0. The van der Waals surface area contributed by atoms with E-state index in [-0.39, 0.29) is 0 Å². The summed E-state index contributed by atoms with van der Waals surface area (Å²) in [6.45, 7) is 1.19. The molecular formula is C11H14ClIN2O2S. The minimum atomic E-state index is -3.44. The number of hydrogen-bond acceptors (Lipinski definition) is 2. The van der Waals surface area contributed by atoms with E-state index in [1.165, 1.54) is 4.31 Å². The Morgan fingerprint density at radius 2 is 1.89 bits per heavy atom. The van der Waals surface area contributed by atoms with Crippen molar-refractivity contribution in [2.24, 2.45) is 0 Å². The van der Waals surface area contributed by atoms with E-state index in [4.69, 9.17) is 11.6 Å². The van der Waals surface area contributed by atoms with Gasteiger partial charge in [-0.05, 0) is 53.6 Å². The van der Waals surface area contributed by atoms with Gasteiger partial charge in [0.25, 0.3) is 0 Å². The largest absolute Gasteiger partial charge is 0.301 e. The van der Waals surface area contributed by atoms with E-state index in [0.29, 0.717) is 23.8 Å². The van der Waals surface area contributed by atoms with E-state index in [1.807, 2.05) is 0 Å². The van der Waals surface area contributed by atoms with Crippen molar-refractivity contribution in [1.29, 1.82) is 0 Å². The maximum absolute atomic E-state index is 12.2. The van der Waals surface area contributed by atoms with Crippen LogP contribution in [0, 0.1) is 3.57 Å². The van der Waals surface area contributed by atoms with Crippen LogP contribution in [-0.2, 0) is 10.2 Å². The summed E-state index contributed by atoms with van der Waals surface area (Å²) < 4.78 is 29.3. The minimum Gasteiger partial charge on any atom is -0.270 e. The second-order valence-electron chi connectivity index (χ2n) is 4.19. The average molecular weight is 401 g/mol. The van der Waals surface area contributed by atoms with Crippen molar-refractivity contribution >= 4 is 50.1 Å². The first-order chi connectivity index (χ1) is 8.49. The molecule has 1 N–H and O–H groups in total. The Labute approximate surface area is 126 Å². The molecule has 0 bridgehead atoms. The Balaban J connectivity index is 2.16. The van der Waals surface area contributed by atoms with E-state index in [9.17, 15) is 8.42 Å². The Hall–Kier alpha value is -0.0500. The van der Waals surface area contributed by atoms with Gasteiger partial charge in [-0.2, -0.15) is 12.7 Å². The van der Waals surface area contributed by atoms with Crippen molar-refractivity contribution in [2.75, 3.05) is 17.8 Å². The highest BCUT2D eigenvalue weighted by atomic mass is 127. The summed E-state index contributed by atoms with van der Waals surface area (Å²) in [5, 5.41) is 0.598. The third kappa shape index (κ3) is 3.49. The van der Waals surface area contributed by atoms with Gasteiger partial charge in [-0.25, -0.2) is 0 Å². The monoisotopic (exact) mass is 400 g/mol. The van der Waals surface area contributed by atoms with Gasteiger partial charge in [0.05, 0.1) is 5.69 Å². The normalized spacial score (nSPS) is 17.7. The lowest BCUT2D eigenvalue weighted by Gasteiger charge is -2.26. The zero-order valence-corrected chi connectivity index (χ0v) is 13.4. The topological polar surface area (TPSA) is 49.4 Å². The van der Waals surface area contributed by atoms with Crippen LogP contribution in [0.3, 0.4) is 0 Å². The molecule has 7 heteroatoms. The Morgan fingerprint density at radius 1 is 1.22 bits per heavy atom. The molecule has 0 spiro atoms. The van der Waals surface area contributed by atoms with Crippen molar-refractivity contribution in [3.05, 3.63) is 26.8 Å². The van der Waals surface area contributed by atoms with Crippen LogP contribution in [0.1, 0.15) is 19.3 Å². The van der Waals surface area contributed by atoms with Crippen LogP contribution in [0.4, 0.5) is 5.69 Å². The van der Waals surface area contributed by atoms with Crippen molar-refractivity contribution in [3.63, 3.8) is 0 Å². The van der Waals surface area contributed by atoms with Gasteiger partial charge in [-0.15, -0.1) is 0 Å². The Bertz CT molecular complexity index is 530. The molecule has 1 fully saturated rings. The highest BCUT2D eigenvalue weighted by Gasteiger charge is 2.24. The maximum Gasteiger partial charge on any atom is 0.301 e. The molecule has 100 valence electrons. The average Bonchev–Trinajstić information content (AvgIpc) is 2.34. The predicted molar refractivity (Wildman–Crippen MR) is 82.1 cm³/mol. The van der Waals surface area contributed by atoms with Crippen LogP contribution >= 0.6 is 34.2 Å². The van der Waals surface area contributed by atoms with Gasteiger partial charge < -0.3 is 0 Å². The molecule has 1 saturated heterocycles. The summed E-state index contributed by atoms with van der Waals surface area (Å²) in [7, 11) is -3.44. The zero-order chi connectivity index (χ0) is 13.2. The van der Waals surface area contributed by atoms with Gasteiger partial charge in [-0.1, -0.05) is 18.0 Å². The molecule has 0 amide bonds. The Kier molecular flexibility index (Phi) is 4.74. The lowest BCUT2D eigenvalue weighted by molar-refractivity contribution is 0.349. The van der Waals surface area contributed by atoms with Gasteiger partial charge in [0, 0.05) is 21.7 Å². The number of nitrogens with zero attached hydrogens (tertiary/aromatic N) is 1. The summed E-state index contributed by atoms with van der Waals surface area (Å²) in [5.41, 5.74) is 0.575. The molecule has 4 nitrogen and oxygen atoms in total. The lowest BCUT2D eigenvalue weighted by atomic mass is 10.2. The first-order valence-electron chi connectivity index (χ1n) is 5.72. The summed E-state index contributed by atoms with van der Waals surface area (Å²) >= 11 is 7.91. The first-order valence-corrected chi connectivity index (χ1v) is 8.62. The molecule has 18 heavy (non-hydrogen) atoms. The zero-order valence-electron chi connectivity index (χ0n) is 9.70. The van der Waals surface area contributed by atoms with Crippen molar-refractivity contribution < 1.29 is 8.42 Å². The number of anilines is 1. The van der Waals surface area contributed by atoms with Crippen LogP contribution < -0.4 is 4.72 Å². The summed E-state index contributed by atoms with van der Waals surface area (Å²) in [4.78, 5) is 0. The molecule has 0 atom stereocenters. The molecule has 0 aliphatic carbocycles. The predicted octanol–water partition coefficient (Wildman–Crippen LogP) is 3.09. The number of halogens is 2. The molecule has 0 unspecified atom stereocenters. The van der Waals surface area contributed by atoms with Crippen LogP contribution in [0.2, 0.25) is 5.02 Å². The van der Waals surface area contributed by atoms with Crippen LogP contribution in [0.25, 0.3) is 0 Å². The van der Waals surface area contributed by atoms with Gasteiger partial charge in [0.1, 0.15) is 0 Å². The summed E-state index contributed by atoms with van der Waals surface area (Å²) in [6, 6.07) is 5.10. The van der Waals surface area contributed by atoms with E-state index >= 15 is 0 Å². The molecular weight excluding hydrogens is 387 g/mol. The van der Waals surface area contributed by atoms with E-state index in [0.717, 1.165) is 22.8 Å². The standard InChI is InChI=1S/C11H14ClIN2O2S/c12-9-4-5-11(10(13)8-9)14-18(16,17)15-6-2-1-3-7-15/h4-5,8,14H,1-3,6-7H2. The second kappa shape index (κ2) is 5.94. The highest BCUT2D eigenvalue weighted by Crippen LogP contribution is 2.24. The molecule has 0 aromatic heterocycles. The van der Waals surface area contributed by atoms with Crippen molar-refractivity contribution in [3.8, 4) is 0 Å². The fourth-order valence-electron chi connectivity index (χ4n) is 1.88. The maximum atomic E-state index is 12.2. The van der Waals surface area contributed by atoms with Crippen molar-refractivity contribution in [2.45, 2.75) is 19.3 Å². The number of rotatable bonds is 3. The quantitative estimate of drug-likeness (QED) is 0.793. The SMILES string of the molecule is O=S(=O)(Nc1ccc(Cl)cc1I)N1CCCCC1. The fourth-order valence-corrected chi connectivity index (χ4v) is 4.39. The Morgan fingerprint density at radius 3 is 2.50 bits per heavy atom. The molecule has 1 aliphatic heterocycles. The third-order valence-electron chi connectivity index (χ3n) is 2.83. The van der Waals surface area contributed by atoms with Gasteiger partial charge in [-0.3, -0.25) is 4.72 Å². The molecule has 1 aliphatic rings. The van der Waals surface area contributed by atoms with E-state index in [2.05, 4.69) is 27.3 Å². The number of hydrogen-bond donors (Lipinski definition) is 1. The summed E-state index contributed by atoms with van der Waals surface area (Å²) in [6.07, 6.45) is 2.96. The van der Waals surface area contributed by atoms with Gasteiger partial charge in [0.15, 0.2) is 0 Å².